The van der Waals surface area contributed by atoms with Crippen LogP contribution < -0.4 is 0 Å². The third-order valence-electron chi connectivity index (χ3n) is 3.23. The molecule has 1 amide bonds. The van der Waals surface area contributed by atoms with Gasteiger partial charge in [0.2, 0.25) is 0 Å². The number of hydrogen-bond acceptors (Lipinski definition) is 5. The van der Waals surface area contributed by atoms with Gasteiger partial charge in [0, 0.05) is 6.54 Å². The molecule has 20 heavy (non-hydrogen) atoms. The zero-order valence-corrected chi connectivity index (χ0v) is 11.5. The molecule has 1 fully saturated rings. The lowest BCUT2D eigenvalue weighted by molar-refractivity contribution is -0.147. The van der Waals surface area contributed by atoms with Gasteiger partial charge in [-0.1, -0.05) is 6.92 Å². The van der Waals surface area contributed by atoms with Gasteiger partial charge in [-0.15, -0.1) is 0 Å². The Bertz CT molecular complexity index is 532. The Morgan fingerprint density at radius 2 is 2.25 bits per heavy atom. The van der Waals surface area contributed by atoms with Gasteiger partial charge in [0.05, 0.1) is 30.2 Å². The molecule has 0 saturated carbocycles. The fourth-order valence-electron chi connectivity index (χ4n) is 2.17. The van der Waals surface area contributed by atoms with E-state index in [0.717, 1.165) is 0 Å². The highest BCUT2D eigenvalue weighted by atomic mass is 16.5. The molecule has 0 aliphatic carbocycles. The summed E-state index contributed by atoms with van der Waals surface area (Å²) in [6.07, 6.45) is 0.566. The summed E-state index contributed by atoms with van der Waals surface area (Å²) in [7, 11) is 0. The van der Waals surface area contributed by atoms with Gasteiger partial charge in [0.15, 0.2) is 6.04 Å². The number of aromatic nitrogens is 2. The van der Waals surface area contributed by atoms with E-state index < -0.39 is 12.0 Å². The van der Waals surface area contributed by atoms with Gasteiger partial charge in [0.25, 0.3) is 5.91 Å². The first-order valence-electron chi connectivity index (χ1n) is 6.49. The highest BCUT2D eigenvalue weighted by Crippen LogP contribution is 2.16. The quantitative estimate of drug-likeness (QED) is 0.854. The maximum atomic E-state index is 12.6. The van der Waals surface area contributed by atoms with Crippen molar-refractivity contribution in [2.75, 3.05) is 19.8 Å². The molecule has 0 aromatic carbocycles. The van der Waals surface area contributed by atoms with E-state index in [2.05, 4.69) is 10.2 Å². The number of carboxylic acid groups (broad SMARTS) is 1. The van der Waals surface area contributed by atoms with E-state index in [4.69, 9.17) is 4.74 Å². The lowest BCUT2D eigenvalue weighted by Gasteiger charge is -2.33. The second kappa shape index (κ2) is 5.96. The van der Waals surface area contributed by atoms with Gasteiger partial charge in [-0.2, -0.15) is 10.2 Å². The highest BCUT2D eigenvalue weighted by molar-refractivity contribution is 5.97. The fraction of sp³-hybridized carbons (Fsp3) is 0.538. The number of rotatable bonds is 3. The Morgan fingerprint density at radius 3 is 2.90 bits per heavy atom. The van der Waals surface area contributed by atoms with Gasteiger partial charge >= 0.3 is 5.97 Å². The molecule has 1 saturated heterocycles. The van der Waals surface area contributed by atoms with Crippen molar-refractivity contribution < 1.29 is 19.4 Å². The van der Waals surface area contributed by atoms with Crippen molar-refractivity contribution in [1.82, 2.24) is 15.1 Å². The molecular weight excluding hydrogens is 262 g/mol. The van der Waals surface area contributed by atoms with Crippen LogP contribution in [-0.4, -0.2) is 57.9 Å². The van der Waals surface area contributed by atoms with E-state index in [1.165, 1.54) is 4.90 Å². The van der Waals surface area contributed by atoms with Crippen LogP contribution in [0.15, 0.2) is 6.07 Å². The van der Waals surface area contributed by atoms with Crippen molar-refractivity contribution in [2.45, 2.75) is 26.3 Å². The molecule has 0 spiro atoms. The predicted octanol–water partition coefficient (Wildman–Crippen LogP) is 0.273. The van der Waals surface area contributed by atoms with E-state index in [-0.39, 0.29) is 19.1 Å². The van der Waals surface area contributed by atoms with Gasteiger partial charge in [-0.25, -0.2) is 4.79 Å². The SMILES string of the molecule is CCc1nnc(C)cc1C(=O)N1CCOCC1C(=O)O. The maximum absolute atomic E-state index is 12.6. The van der Waals surface area contributed by atoms with Crippen LogP contribution in [0.3, 0.4) is 0 Å². The second-order valence-electron chi connectivity index (χ2n) is 4.63. The molecular formula is C13H17N3O4. The number of hydrogen-bond donors (Lipinski definition) is 1. The van der Waals surface area contributed by atoms with Crippen LogP contribution in [-0.2, 0) is 16.0 Å². The van der Waals surface area contributed by atoms with Crippen molar-refractivity contribution in [2.24, 2.45) is 0 Å². The van der Waals surface area contributed by atoms with Gasteiger partial charge < -0.3 is 14.7 Å². The summed E-state index contributed by atoms with van der Waals surface area (Å²) in [5.41, 5.74) is 1.63. The van der Waals surface area contributed by atoms with Crippen LogP contribution >= 0.6 is 0 Å². The molecule has 0 bridgehead atoms. The molecule has 1 aliphatic heterocycles. The van der Waals surface area contributed by atoms with Crippen LogP contribution in [0.2, 0.25) is 0 Å². The topological polar surface area (TPSA) is 92.6 Å². The minimum Gasteiger partial charge on any atom is -0.480 e. The van der Waals surface area contributed by atoms with Crippen LogP contribution in [0.25, 0.3) is 0 Å². The van der Waals surface area contributed by atoms with Gasteiger partial charge in [-0.05, 0) is 19.4 Å². The first kappa shape index (κ1) is 14.4. The molecule has 1 aromatic rings. The lowest BCUT2D eigenvalue weighted by Crippen LogP contribution is -2.52. The van der Waals surface area contributed by atoms with Crippen LogP contribution in [0.4, 0.5) is 0 Å². The molecule has 108 valence electrons. The highest BCUT2D eigenvalue weighted by Gasteiger charge is 2.34. The lowest BCUT2D eigenvalue weighted by atomic mass is 10.1. The summed E-state index contributed by atoms with van der Waals surface area (Å²) in [6, 6.07) is 0.706. The Labute approximate surface area is 116 Å². The zero-order chi connectivity index (χ0) is 14.7. The maximum Gasteiger partial charge on any atom is 0.328 e. The molecule has 1 N–H and O–H groups in total. The normalized spacial score (nSPS) is 18.9. The number of carbonyl (C=O) groups is 2. The third kappa shape index (κ3) is 2.77. The molecule has 1 unspecified atom stereocenters. The fourth-order valence-corrected chi connectivity index (χ4v) is 2.17. The third-order valence-corrected chi connectivity index (χ3v) is 3.23. The number of ether oxygens (including phenoxy) is 1. The summed E-state index contributed by atoms with van der Waals surface area (Å²) in [6.45, 7) is 4.25. The standard InChI is InChI=1S/C13H17N3O4/c1-3-10-9(6-8(2)14-15-10)12(17)16-4-5-20-7-11(16)13(18)19/h6,11H,3-5,7H2,1-2H3,(H,18,19). The second-order valence-corrected chi connectivity index (χ2v) is 4.63. The number of carboxylic acids is 1. The summed E-state index contributed by atoms with van der Waals surface area (Å²) < 4.78 is 5.14. The molecule has 1 aromatic heterocycles. The van der Waals surface area contributed by atoms with E-state index in [1.807, 2.05) is 6.92 Å². The summed E-state index contributed by atoms with van der Waals surface area (Å²) in [4.78, 5) is 25.1. The number of aliphatic carboxylic acids is 1. The number of aryl methyl sites for hydroxylation is 2. The first-order chi connectivity index (χ1) is 9.54. The average molecular weight is 279 g/mol. The minimum atomic E-state index is -1.06. The first-order valence-corrected chi connectivity index (χ1v) is 6.49. The van der Waals surface area contributed by atoms with Crippen LogP contribution in [0.1, 0.15) is 28.7 Å². The van der Waals surface area contributed by atoms with Crippen LogP contribution in [0.5, 0.6) is 0 Å². The van der Waals surface area contributed by atoms with Crippen molar-refractivity contribution in [3.05, 3.63) is 23.0 Å². The van der Waals surface area contributed by atoms with Crippen molar-refractivity contribution in [1.29, 1.82) is 0 Å². The number of morpholine rings is 1. The molecule has 2 rings (SSSR count). The number of nitrogens with zero attached hydrogens (tertiary/aromatic N) is 3. The van der Waals surface area contributed by atoms with Crippen molar-refractivity contribution >= 4 is 11.9 Å². The Morgan fingerprint density at radius 1 is 1.50 bits per heavy atom. The molecule has 7 nitrogen and oxygen atoms in total. The smallest absolute Gasteiger partial charge is 0.328 e. The predicted molar refractivity (Wildman–Crippen MR) is 69.4 cm³/mol. The Kier molecular flexibility index (Phi) is 4.29. The summed E-state index contributed by atoms with van der Waals surface area (Å²) in [5.74, 6) is -1.38. The number of carbonyl (C=O) groups excluding carboxylic acids is 1. The van der Waals surface area contributed by atoms with Crippen LogP contribution in [0, 0.1) is 6.92 Å². The van der Waals surface area contributed by atoms with Gasteiger partial charge in [-0.3, -0.25) is 4.79 Å². The van der Waals surface area contributed by atoms with E-state index >= 15 is 0 Å². The molecule has 7 heteroatoms. The van der Waals surface area contributed by atoms with E-state index in [0.29, 0.717) is 30.0 Å². The monoisotopic (exact) mass is 279 g/mol. The Balaban J connectivity index is 2.34. The zero-order valence-electron chi connectivity index (χ0n) is 11.5. The Hall–Kier alpha value is -2.02. The average Bonchev–Trinajstić information content (AvgIpc) is 2.46. The molecule has 1 atom stereocenters. The summed E-state index contributed by atoms with van der Waals surface area (Å²) >= 11 is 0. The molecule has 0 radical (unpaired) electrons. The van der Waals surface area contributed by atoms with E-state index in [1.54, 1.807) is 13.0 Å². The molecule has 2 heterocycles. The van der Waals surface area contributed by atoms with E-state index in [9.17, 15) is 14.7 Å². The molecule has 1 aliphatic rings. The largest absolute Gasteiger partial charge is 0.480 e. The van der Waals surface area contributed by atoms with Crippen molar-refractivity contribution in [3.8, 4) is 0 Å². The minimum absolute atomic E-state index is 0.0139. The van der Waals surface area contributed by atoms with Crippen molar-refractivity contribution in [3.63, 3.8) is 0 Å². The van der Waals surface area contributed by atoms with Gasteiger partial charge in [0.1, 0.15) is 0 Å². The summed E-state index contributed by atoms with van der Waals surface area (Å²) in [5, 5.41) is 17.1. The number of amides is 1.